The first-order valence-corrected chi connectivity index (χ1v) is 6.72. The molecule has 0 radical (unpaired) electrons. The number of anilines is 1. The van der Waals surface area contributed by atoms with E-state index < -0.39 is 0 Å². The summed E-state index contributed by atoms with van der Waals surface area (Å²) < 4.78 is 0. The topological polar surface area (TPSA) is 29.3 Å². The van der Waals surface area contributed by atoms with Gasteiger partial charge >= 0.3 is 0 Å². The molecule has 2 N–H and O–H groups in total. The summed E-state index contributed by atoms with van der Waals surface area (Å²) in [6.45, 7) is 2.95. The Morgan fingerprint density at radius 1 is 1.47 bits per heavy atom. The molecule has 1 aliphatic carbocycles. The van der Waals surface area contributed by atoms with Crippen LogP contribution in [0.4, 0.5) is 5.69 Å². The number of rotatable bonds is 5. The van der Waals surface area contributed by atoms with Crippen LogP contribution in [0, 0.1) is 5.92 Å². The van der Waals surface area contributed by atoms with Crippen molar-refractivity contribution in [3.63, 3.8) is 0 Å². The Morgan fingerprint density at radius 3 is 2.71 bits per heavy atom. The second kappa shape index (κ2) is 5.28. The maximum absolute atomic E-state index is 6.35. The van der Waals surface area contributed by atoms with Gasteiger partial charge in [0.2, 0.25) is 0 Å². The lowest BCUT2D eigenvalue weighted by atomic mass is 10.1. The van der Waals surface area contributed by atoms with Gasteiger partial charge in [0.1, 0.15) is 0 Å². The van der Waals surface area contributed by atoms with Crippen molar-refractivity contribution in [2.75, 3.05) is 18.5 Å². The van der Waals surface area contributed by atoms with Crippen molar-refractivity contribution >= 4 is 17.3 Å². The van der Waals surface area contributed by atoms with Gasteiger partial charge < -0.3 is 10.6 Å². The van der Waals surface area contributed by atoms with Crippen LogP contribution >= 0.6 is 11.6 Å². The fourth-order valence-electron chi connectivity index (χ4n) is 2.27. The van der Waals surface area contributed by atoms with Crippen LogP contribution < -0.4 is 10.6 Å². The van der Waals surface area contributed by atoms with Crippen LogP contribution in [0.1, 0.15) is 25.3 Å². The van der Waals surface area contributed by atoms with Crippen molar-refractivity contribution in [3.05, 3.63) is 28.8 Å². The highest BCUT2D eigenvalue weighted by Gasteiger charge is 2.31. The van der Waals surface area contributed by atoms with Gasteiger partial charge in [0.05, 0.1) is 10.7 Å². The third-order valence-electron chi connectivity index (χ3n) is 3.74. The van der Waals surface area contributed by atoms with Crippen LogP contribution in [0.25, 0.3) is 0 Å². The van der Waals surface area contributed by atoms with Gasteiger partial charge in [-0.15, -0.1) is 0 Å². The van der Waals surface area contributed by atoms with Crippen molar-refractivity contribution in [1.29, 1.82) is 0 Å². The summed E-state index contributed by atoms with van der Waals surface area (Å²) in [6, 6.07) is 6.86. The monoisotopic (exact) mass is 252 g/mol. The zero-order chi connectivity index (χ0) is 12.4. The lowest BCUT2D eigenvalue weighted by molar-refractivity contribution is 0.609. The Bertz CT molecular complexity index is 388. The van der Waals surface area contributed by atoms with Crippen LogP contribution in [-0.2, 0) is 6.42 Å². The minimum atomic E-state index is 0.577. The average molecular weight is 253 g/mol. The summed E-state index contributed by atoms with van der Waals surface area (Å²) in [7, 11) is 2.13. The van der Waals surface area contributed by atoms with Crippen molar-refractivity contribution in [3.8, 4) is 0 Å². The largest absolute Gasteiger partial charge is 0.370 e. The van der Waals surface area contributed by atoms with Crippen molar-refractivity contribution < 1.29 is 0 Å². The number of nitrogens with two attached hydrogens (primary N) is 1. The summed E-state index contributed by atoms with van der Waals surface area (Å²) in [6.07, 6.45) is 3.60. The Kier molecular flexibility index (Phi) is 3.95. The summed E-state index contributed by atoms with van der Waals surface area (Å²) >= 11 is 6.35. The molecule has 0 heterocycles. The lowest BCUT2D eigenvalue weighted by Crippen LogP contribution is -2.30. The molecule has 1 saturated carbocycles. The molecule has 1 atom stereocenters. The standard InChI is InChI=1S/C14H21ClN2/c1-10(12-4-5-12)17(2)14-6-3-11(7-8-16)9-13(14)15/h3,6,9-10,12H,4-5,7-8,16H2,1-2H3. The molecule has 0 bridgehead atoms. The highest BCUT2D eigenvalue weighted by Crippen LogP contribution is 2.38. The van der Waals surface area contributed by atoms with Crippen LogP contribution in [-0.4, -0.2) is 19.6 Å². The predicted octanol–water partition coefficient (Wildman–Crippen LogP) is 3.08. The van der Waals surface area contributed by atoms with Crippen molar-refractivity contribution in [1.82, 2.24) is 0 Å². The van der Waals surface area contributed by atoms with Gasteiger partial charge in [0.15, 0.2) is 0 Å². The second-order valence-corrected chi connectivity index (χ2v) is 5.42. The van der Waals surface area contributed by atoms with Gasteiger partial charge in [0.25, 0.3) is 0 Å². The molecule has 0 aliphatic heterocycles. The third-order valence-corrected chi connectivity index (χ3v) is 4.04. The highest BCUT2D eigenvalue weighted by molar-refractivity contribution is 6.33. The fraction of sp³-hybridized carbons (Fsp3) is 0.571. The van der Waals surface area contributed by atoms with Gasteiger partial charge in [-0.2, -0.15) is 0 Å². The van der Waals surface area contributed by atoms with Gasteiger partial charge in [0, 0.05) is 13.1 Å². The molecule has 0 spiro atoms. The van der Waals surface area contributed by atoms with E-state index in [-0.39, 0.29) is 0 Å². The zero-order valence-electron chi connectivity index (χ0n) is 10.6. The number of halogens is 1. The number of benzene rings is 1. The van der Waals surface area contributed by atoms with E-state index in [1.165, 1.54) is 18.4 Å². The van der Waals surface area contributed by atoms with Gasteiger partial charge in [-0.3, -0.25) is 0 Å². The molecule has 2 nitrogen and oxygen atoms in total. The van der Waals surface area contributed by atoms with E-state index >= 15 is 0 Å². The second-order valence-electron chi connectivity index (χ2n) is 5.01. The Labute approximate surface area is 109 Å². The van der Waals surface area contributed by atoms with E-state index in [1.54, 1.807) is 0 Å². The molecule has 1 aromatic carbocycles. The summed E-state index contributed by atoms with van der Waals surface area (Å²) in [5, 5.41) is 0.839. The number of hydrogen-bond acceptors (Lipinski definition) is 2. The van der Waals surface area contributed by atoms with E-state index in [0.29, 0.717) is 12.6 Å². The first kappa shape index (κ1) is 12.7. The maximum Gasteiger partial charge on any atom is 0.0642 e. The van der Waals surface area contributed by atoms with E-state index in [0.717, 1.165) is 23.0 Å². The van der Waals surface area contributed by atoms with Crippen LogP contribution in [0.5, 0.6) is 0 Å². The predicted molar refractivity (Wildman–Crippen MR) is 74.8 cm³/mol. The van der Waals surface area contributed by atoms with E-state index in [9.17, 15) is 0 Å². The van der Waals surface area contributed by atoms with Gasteiger partial charge in [-0.05, 0) is 56.3 Å². The van der Waals surface area contributed by atoms with Crippen LogP contribution in [0.3, 0.4) is 0 Å². The minimum absolute atomic E-state index is 0.577. The van der Waals surface area contributed by atoms with E-state index in [4.69, 9.17) is 17.3 Å². The van der Waals surface area contributed by atoms with Crippen LogP contribution in [0.2, 0.25) is 5.02 Å². The smallest absolute Gasteiger partial charge is 0.0642 e. The normalized spacial score (nSPS) is 16.9. The molecule has 0 amide bonds. The molecule has 0 saturated heterocycles. The molecule has 0 aromatic heterocycles. The minimum Gasteiger partial charge on any atom is -0.370 e. The van der Waals surface area contributed by atoms with E-state index in [2.05, 4.69) is 31.0 Å². The molecule has 1 aliphatic rings. The Hall–Kier alpha value is -0.730. The maximum atomic E-state index is 6.35. The Morgan fingerprint density at radius 2 is 2.18 bits per heavy atom. The zero-order valence-corrected chi connectivity index (χ0v) is 11.4. The molecule has 1 unspecified atom stereocenters. The summed E-state index contributed by atoms with van der Waals surface area (Å²) in [5.41, 5.74) is 7.90. The number of nitrogens with zero attached hydrogens (tertiary/aromatic N) is 1. The van der Waals surface area contributed by atoms with Gasteiger partial charge in [-0.1, -0.05) is 17.7 Å². The van der Waals surface area contributed by atoms with E-state index in [1.807, 2.05) is 6.07 Å². The molecule has 1 fully saturated rings. The Balaban J connectivity index is 2.14. The van der Waals surface area contributed by atoms with Crippen molar-refractivity contribution in [2.45, 2.75) is 32.2 Å². The van der Waals surface area contributed by atoms with Gasteiger partial charge in [-0.25, -0.2) is 0 Å². The third kappa shape index (κ3) is 2.93. The fourth-order valence-corrected chi connectivity index (χ4v) is 2.61. The van der Waals surface area contributed by atoms with Crippen molar-refractivity contribution in [2.24, 2.45) is 11.7 Å². The SMILES string of the molecule is CC(C1CC1)N(C)c1ccc(CCN)cc1Cl. The van der Waals surface area contributed by atoms with Crippen LogP contribution in [0.15, 0.2) is 18.2 Å². The summed E-state index contributed by atoms with van der Waals surface area (Å²) in [4.78, 5) is 2.30. The first-order chi connectivity index (χ1) is 8.13. The lowest BCUT2D eigenvalue weighted by Gasteiger charge is -2.28. The molecular formula is C14H21ClN2. The molecule has 2 rings (SSSR count). The summed E-state index contributed by atoms with van der Waals surface area (Å²) in [5.74, 6) is 0.847. The molecule has 3 heteroatoms. The number of hydrogen-bond donors (Lipinski definition) is 1. The molecule has 94 valence electrons. The quantitative estimate of drug-likeness (QED) is 0.873. The average Bonchev–Trinajstić information content (AvgIpc) is 3.12. The first-order valence-electron chi connectivity index (χ1n) is 6.35. The highest BCUT2D eigenvalue weighted by atomic mass is 35.5. The molecule has 17 heavy (non-hydrogen) atoms. The molecular weight excluding hydrogens is 232 g/mol. The molecule has 1 aromatic rings.